The number of nitrogens with zero attached hydrogens (tertiary/aromatic N) is 2. The molecule has 1 atom stereocenters. The Morgan fingerprint density at radius 1 is 1.27 bits per heavy atom. The molecule has 1 aliphatic heterocycles. The summed E-state index contributed by atoms with van der Waals surface area (Å²) in [7, 11) is 1.67. The summed E-state index contributed by atoms with van der Waals surface area (Å²) in [5.41, 5.74) is 0.300. The molecule has 2 aliphatic rings. The second-order valence-corrected chi connectivity index (χ2v) is 8.15. The number of amides is 1. The smallest absolute Gasteiger partial charge is 0.332 e. The highest BCUT2D eigenvalue weighted by atomic mass is 32.1. The van der Waals surface area contributed by atoms with E-state index in [1.54, 1.807) is 18.4 Å². The fraction of sp³-hybridized carbons (Fsp3) is 0.611. The van der Waals surface area contributed by atoms with Gasteiger partial charge in [-0.05, 0) is 44.1 Å². The van der Waals surface area contributed by atoms with E-state index in [4.69, 9.17) is 4.74 Å². The first-order valence-corrected chi connectivity index (χ1v) is 10.0. The van der Waals surface area contributed by atoms with Crippen LogP contribution in [-0.4, -0.2) is 34.3 Å². The standard InChI is InChI=1S/C18H23N3O4S/c1-20-17-15(12-6-2-3-7-13(12)26-17)16(23)21(18(20)24)10-14(22)19-9-11-5-4-8-25-11/h11H,2-10H2,1H3,(H,19,22)/t11-/m1/s1. The molecule has 2 aromatic rings. The fourth-order valence-electron chi connectivity index (χ4n) is 3.87. The Morgan fingerprint density at radius 3 is 2.85 bits per heavy atom. The highest BCUT2D eigenvalue weighted by molar-refractivity contribution is 7.18. The lowest BCUT2D eigenvalue weighted by Gasteiger charge is -2.13. The number of thiophene rings is 1. The van der Waals surface area contributed by atoms with Crippen LogP contribution in [0.15, 0.2) is 9.59 Å². The van der Waals surface area contributed by atoms with Gasteiger partial charge in [-0.3, -0.25) is 18.7 Å². The Kier molecular flexibility index (Phi) is 4.71. The van der Waals surface area contributed by atoms with Crippen molar-refractivity contribution in [1.82, 2.24) is 14.5 Å². The van der Waals surface area contributed by atoms with Crippen molar-refractivity contribution in [3.05, 3.63) is 31.3 Å². The Labute approximate surface area is 154 Å². The molecule has 1 saturated heterocycles. The number of rotatable bonds is 4. The minimum absolute atomic E-state index is 0.0323. The summed E-state index contributed by atoms with van der Waals surface area (Å²) >= 11 is 1.54. The van der Waals surface area contributed by atoms with E-state index in [9.17, 15) is 14.4 Å². The van der Waals surface area contributed by atoms with E-state index in [1.807, 2.05) is 0 Å². The summed E-state index contributed by atoms with van der Waals surface area (Å²) in [5.74, 6) is -0.330. The lowest BCUT2D eigenvalue weighted by Crippen LogP contribution is -2.44. The zero-order chi connectivity index (χ0) is 18.3. The van der Waals surface area contributed by atoms with Crippen LogP contribution in [0.2, 0.25) is 0 Å². The van der Waals surface area contributed by atoms with Gasteiger partial charge in [-0.1, -0.05) is 0 Å². The van der Waals surface area contributed by atoms with Gasteiger partial charge in [-0.15, -0.1) is 11.3 Å². The fourth-order valence-corrected chi connectivity index (χ4v) is 5.20. The van der Waals surface area contributed by atoms with Crippen molar-refractivity contribution in [2.45, 2.75) is 51.2 Å². The number of fused-ring (bicyclic) bond motifs is 3. The second kappa shape index (κ2) is 7.00. The van der Waals surface area contributed by atoms with Gasteiger partial charge in [0.05, 0.1) is 11.5 Å². The van der Waals surface area contributed by atoms with Crippen molar-refractivity contribution in [3.63, 3.8) is 0 Å². The number of carbonyl (C=O) groups excluding carboxylic acids is 1. The van der Waals surface area contributed by atoms with Crippen LogP contribution in [0.4, 0.5) is 0 Å². The van der Waals surface area contributed by atoms with Gasteiger partial charge in [0.25, 0.3) is 5.56 Å². The van der Waals surface area contributed by atoms with Gasteiger partial charge in [0.2, 0.25) is 5.91 Å². The molecule has 0 bridgehead atoms. The lowest BCUT2D eigenvalue weighted by atomic mass is 9.97. The third kappa shape index (κ3) is 3.01. The van der Waals surface area contributed by atoms with E-state index >= 15 is 0 Å². The van der Waals surface area contributed by atoms with Crippen LogP contribution in [0.3, 0.4) is 0 Å². The molecule has 1 N–H and O–H groups in total. The molecule has 3 heterocycles. The second-order valence-electron chi connectivity index (χ2n) is 7.06. The zero-order valence-electron chi connectivity index (χ0n) is 14.9. The Balaban J connectivity index is 1.65. The van der Waals surface area contributed by atoms with E-state index in [0.29, 0.717) is 11.9 Å². The average Bonchev–Trinajstić information content (AvgIpc) is 3.29. The summed E-state index contributed by atoms with van der Waals surface area (Å²) in [6, 6.07) is 0. The number of carbonyl (C=O) groups is 1. The molecule has 140 valence electrons. The summed E-state index contributed by atoms with van der Waals surface area (Å²) in [6.07, 6.45) is 5.97. The van der Waals surface area contributed by atoms with E-state index in [2.05, 4.69) is 5.32 Å². The molecule has 7 nitrogen and oxygen atoms in total. The number of ether oxygens (including phenoxy) is 1. The topological polar surface area (TPSA) is 82.3 Å². The quantitative estimate of drug-likeness (QED) is 0.860. The van der Waals surface area contributed by atoms with Crippen molar-refractivity contribution >= 4 is 27.5 Å². The number of hydrogen-bond acceptors (Lipinski definition) is 5. The van der Waals surface area contributed by atoms with Gasteiger partial charge in [-0.25, -0.2) is 4.79 Å². The maximum absolute atomic E-state index is 13.0. The first kappa shape index (κ1) is 17.5. The highest BCUT2D eigenvalue weighted by Crippen LogP contribution is 2.33. The van der Waals surface area contributed by atoms with Gasteiger partial charge in [0.15, 0.2) is 0 Å². The van der Waals surface area contributed by atoms with Crippen LogP contribution in [0.5, 0.6) is 0 Å². The third-order valence-corrected chi connectivity index (χ3v) is 6.66. The molecule has 2 aromatic heterocycles. The van der Waals surface area contributed by atoms with Crippen LogP contribution in [0.25, 0.3) is 10.2 Å². The zero-order valence-corrected chi connectivity index (χ0v) is 15.7. The van der Waals surface area contributed by atoms with Gasteiger partial charge >= 0.3 is 5.69 Å². The van der Waals surface area contributed by atoms with E-state index in [-0.39, 0.29) is 24.1 Å². The maximum atomic E-state index is 13.0. The molecule has 26 heavy (non-hydrogen) atoms. The molecule has 8 heteroatoms. The van der Waals surface area contributed by atoms with E-state index < -0.39 is 5.69 Å². The summed E-state index contributed by atoms with van der Waals surface area (Å²) in [6.45, 7) is 0.892. The number of nitrogens with one attached hydrogen (secondary N) is 1. The van der Waals surface area contributed by atoms with Crippen molar-refractivity contribution < 1.29 is 9.53 Å². The predicted octanol–water partition coefficient (Wildman–Crippen LogP) is 0.936. The highest BCUT2D eigenvalue weighted by Gasteiger charge is 2.23. The largest absolute Gasteiger partial charge is 0.376 e. The minimum atomic E-state index is -0.437. The normalized spacial score (nSPS) is 19.7. The van der Waals surface area contributed by atoms with Crippen LogP contribution >= 0.6 is 11.3 Å². The molecule has 0 saturated carbocycles. The number of aromatic nitrogens is 2. The molecule has 0 spiro atoms. The van der Waals surface area contributed by atoms with Crippen molar-refractivity contribution in [2.75, 3.05) is 13.2 Å². The molecule has 0 radical (unpaired) electrons. The summed E-state index contributed by atoms with van der Waals surface area (Å²) in [5, 5.41) is 3.41. The number of aryl methyl sites for hydroxylation is 3. The Morgan fingerprint density at radius 2 is 2.08 bits per heavy atom. The summed E-state index contributed by atoms with van der Waals surface area (Å²) in [4.78, 5) is 39.8. The molecule has 1 aliphatic carbocycles. The van der Waals surface area contributed by atoms with Crippen LogP contribution in [0, 0.1) is 0 Å². The lowest BCUT2D eigenvalue weighted by molar-refractivity contribution is -0.122. The SMILES string of the molecule is Cn1c(=O)n(CC(=O)NC[C@H]2CCCO2)c(=O)c2c3c(sc21)CCCC3. The van der Waals surface area contributed by atoms with Crippen LogP contribution < -0.4 is 16.6 Å². The van der Waals surface area contributed by atoms with Crippen molar-refractivity contribution in [2.24, 2.45) is 7.05 Å². The first-order chi connectivity index (χ1) is 12.6. The van der Waals surface area contributed by atoms with Crippen LogP contribution in [0.1, 0.15) is 36.1 Å². The van der Waals surface area contributed by atoms with E-state index in [0.717, 1.165) is 60.1 Å². The van der Waals surface area contributed by atoms with Crippen molar-refractivity contribution in [3.8, 4) is 0 Å². The van der Waals surface area contributed by atoms with Gasteiger partial charge in [0.1, 0.15) is 11.4 Å². The van der Waals surface area contributed by atoms with Crippen LogP contribution in [-0.2, 0) is 36.0 Å². The molecular formula is C18H23N3O4S. The Hall–Kier alpha value is -1.93. The van der Waals surface area contributed by atoms with Crippen molar-refractivity contribution in [1.29, 1.82) is 0 Å². The van der Waals surface area contributed by atoms with Gasteiger partial charge < -0.3 is 10.1 Å². The van der Waals surface area contributed by atoms with E-state index in [1.165, 1.54) is 9.44 Å². The molecule has 0 unspecified atom stereocenters. The monoisotopic (exact) mass is 377 g/mol. The van der Waals surface area contributed by atoms with Gasteiger partial charge in [-0.2, -0.15) is 0 Å². The summed E-state index contributed by atoms with van der Waals surface area (Å²) < 4.78 is 8.05. The third-order valence-electron chi connectivity index (χ3n) is 5.29. The Bertz CT molecular complexity index is 965. The molecule has 1 amide bonds. The predicted molar refractivity (Wildman–Crippen MR) is 100.0 cm³/mol. The molecule has 1 fully saturated rings. The van der Waals surface area contributed by atoms with Gasteiger partial charge in [0, 0.05) is 25.1 Å². The number of hydrogen-bond donors (Lipinski definition) is 1. The maximum Gasteiger partial charge on any atom is 0.332 e. The molecular weight excluding hydrogens is 354 g/mol. The molecule has 0 aromatic carbocycles. The minimum Gasteiger partial charge on any atom is -0.376 e. The molecule has 4 rings (SSSR count). The average molecular weight is 377 g/mol. The first-order valence-electron chi connectivity index (χ1n) is 9.18.